The maximum Gasteiger partial charge on any atom is 0.295 e. The second-order valence-corrected chi connectivity index (χ2v) is 8.43. The Hall–Kier alpha value is -3.12. The maximum absolute atomic E-state index is 13.0. The molecule has 0 saturated carbocycles. The van der Waals surface area contributed by atoms with Gasteiger partial charge >= 0.3 is 0 Å². The Morgan fingerprint density at radius 3 is 2.31 bits per heavy atom. The molecule has 170 valence electrons. The number of hydrogen-bond acceptors (Lipinski definition) is 5. The van der Waals surface area contributed by atoms with E-state index in [1.54, 1.807) is 29.2 Å². The highest BCUT2D eigenvalue weighted by Crippen LogP contribution is 2.39. The van der Waals surface area contributed by atoms with Crippen LogP contribution in [-0.2, 0) is 9.59 Å². The van der Waals surface area contributed by atoms with Crippen LogP contribution < -0.4 is 4.74 Å². The Bertz CT molecular complexity index is 978. The minimum absolute atomic E-state index is 0.130. The summed E-state index contributed by atoms with van der Waals surface area (Å²) in [5.41, 5.74) is 2.51. The van der Waals surface area contributed by atoms with Gasteiger partial charge in [-0.15, -0.1) is 0 Å². The summed E-state index contributed by atoms with van der Waals surface area (Å²) in [6.07, 6.45) is 1.63. The van der Waals surface area contributed by atoms with E-state index in [0.29, 0.717) is 24.5 Å². The molecule has 6 heteroatoms. The Labute approximate surface area is 190 Å². The molecular formula is C26H32N2O4. The van der Waals surface area contributed by atoms with Crippen molar-refractivity contribution in [3.8, 4) is 5.75 Å². The number of aliphatic hydroxyl groups is 1. The molecule has 32 heavy (non-hydrogen) atoms. The number of aliphatic hydroxyl groups excluding tert-OH is 1. The molecule has 0 aromatic heterocycles. The van der Waals surface area contributed by atoms with Crippen LogP contribution in [0.3, 0.4) is 0 Å². The summed E-state index contributed by atoms with van der Waals surface area (Å²) in [5.74, 6) is -0.684. The molecule has 6 nitrogen and oxygen atoms in total. The van der Waals surface area contributed by atoms with E-state index < -0.39 is 17.7 Å². The van der Waals surface area contributed by atoms with Gasteiger partial charge in [0.15, 0.2) is 0 Å². The van der Waals surface area contributed by atoms with Gasteiger partial charge in [-0.25, -0.2) is 0 Å². The third-order valence-electron chi connectivity index (χ3n) is 5.54. The third kappa shape index (κ3) is 5.19. The van der Waals surface area contributed by atoms with Gasteiger partial charge in [0, 0.05) is 12.1 Å². The van der Waals surface area contributed by atoms with Crippen LogP contribution in [0.15, 0.2) is 54.1 Å². The van der Waals surface area contributed by atoms with Crippen molar-refractivity contribution >= 4 is 17.4 Å². The molecule has 0 bridgehead atoms. The molecule has 2 aromatic rings. The number of likely N-dealkylation sites (tertiary alicyclic amines) is 1. The number of benzene rings is 2. The summed E-state index contributed by atoms with van der Waals surface area (Å²) in [7, 11) is 3.94. The van der Waals surface area contributed by atoms with E-state index in [4.69, 9.17) is 4.74 Å². The number of ether oxygens (including phenoxy) is 1. The molecule has 2 aromatic carbocycles. The van der Waals surface area contributed by atoms with Crippen molar-refractivity contribution < 1.29 is 19.4 Å². The van der Waals surface area contributed by atoms with Crippen molar-refractivity contribution in [2.45, 2.75) is 32.7 Å². The van der Waals surface area contributed by atoms with Gasteiger partial charge in [0.1, 0.15) is 11.5 Å². The lowest BCUT2D eigenvalue weighted by Gasteiger charge is -2.26. The van der Waals surface area contributed by atoms with E-state index in [2.05, 4.69) is 0 Å². The van der Waals surface area contributed by atoms with Crippen molar-refractivity contribution in [3.63, 3.8) is 0 Å². The van der Waals surface area contributed by atoms with Gasteiger partial charge in [0.2, 0.25) is 0 Å². The van der Waals surface area contributed by atoms with Crippen LogP contribution >= 0.6 is 0 Å². The topological polar surface area (TPSA) is 70.1 Å². The van der Waals surface area contributed by atoms with E-state index in [-0.39, 0.29) is 11.3 Å². The van der Waals surface area contributed by atoms with Gasteiger partial charge in [-0.05, 0) is 70.2 Å². The summed E-state index contributed by atoms with van der Waals surface area (Å²) in [6.45, 7) is 5.85. The average molecular weight is 437 g/mol. The van der Waals surface area contributed by atoms with Crippen molar-refractivity contribution in [3.05, 3.63) is 70.8 Å². The van der Waals surface area contributed by atoms with E-state index in [0.717, 1.165) is 30.5 Å². The average Bonchev–Trinajstić information content (AvgIpc) is 3.03. The molecule has 1 aliphatic rings. The van der Waals surface area contributed by atoms with Crippen molar-refractivity contribution in [1.82, 2.24) is 9.80 Å². The minimum Gasteiger partial charge on any atom is -0.507 e. The molecule has 1 N–H and O–H groups in total. The largest absolute Gasteiger partial charge is 0.507 e. The van der Waals surface area contributed by atoms with Crippen LogP contribution in [0.1, 0.15) is 42.5 Å². The first-order chi connectivity index (χ1) is 15.3. The molecule has 1 saturated heterocycles. The monoisotopic (exact) mass is 436 g/mol. The van der Waals surface area contributed by atoms with E-state index in [1.165, 1.54) is 0 Å². The molecule has 0 unspecified atom stereocenters. The van der Waals surface area contributed by atoms with Gasteiger partial charge in [0.25, 0.3) is 11.7 Å². The highest BCUT2D eigenvalue weighted by atomic mass is 16.5. The molecular weight excluding hydrogens is 404 g/mol. The first-order valence-electron chi connectivity index (χ1n) is 11.1. The minimum atomic E-state index is -0.649. The molecule has 1 heterocycles. The normalized spacial score (nSPS) is 17.9. The van der Waals surface area contributed by atoms with Crippen LogP contribution in [0, 0.1) is 6.92 Å². The fraction of sp³-hybridized carbons (Fsp3) is 0.385. The zero-order chi connectivity index (χ0) is 23.3. The van der Waals surface area contributed by atoms with Crippen LogP contribution in [0.2, 0.25) is 0 Å². The summed E-state index contributed by atoms with van der Waals surface area (Å²) in [4.78, 5) is 29.6. The molecule has 1 aliphatic heterocycles. The van der Waals surface area contributed by atoms with Gasteiger partial charge in [-0.1, -0.05) is 36.8 Å². The van der Waals surface area contributed by atoms with Crippen molar-refractivity contribution in [1.29, 1.82) is 0 Å². The van der Waals surface area contributed by atoms with Gasteiger partial charge in [-0.3, -0.25) is 9.59 Å². The smallest absolute Gasteiger partial charge is 0.295 e. The van der Waals surface area contributed by atoms with Gasteiger partial charge in [-0.2, -0.15) is 0 Å². The fourth-order valence-corrected chi connectivity index (χ4v) is 3.85. The van der Waals surface area contributed by atoms with Crippen molar-refractivity contribution in [2.75, 3.05) is 33.8 Å². The summed E-state index contributed by atoms with van der Waals surface area (Å²) in [5, 5.41) is 11.1. The zero-order valence-electron chi connectivity index (χ0n) is 19.3. The molecule has 0 spiro atoms. The number of Topliss-reactive ketones (excluding diaryl/α,β-unsaturated/α-hetero) is 1. The number of carbonyl (C=O) groups excluding carboxylic acids is 2. The Balaban J connectivity index is 2.01. The number of aryl methyl sites for hydroxylation is 1. The van der Waals surface area contributed by atoms with Crippen molar-refractivity contribution in [2.24, 2.45) is 0 Å². The van der Waals surface area contributed by atoms with E-state index in [9.17, 15) is 14.7 Å². The Kier molecular flexibility index (Phi) is 7.70. The van der Waals surface area contributed by atoms with Crippen LogP contribution in [0.5, 0.6) is 5.75 Å². The summed E-state index contributed by atoms with van der Waals surface area (Å²) >= 11 is 0. The predicted octanol–water partition coefficient (Wildman–Crippen LogP) is 4.16. The standard InChI is InChI=1S/C26H32N2O4/c1-5-17-32-21-13-11-20(12-14-21)24(29)22-23(19-9-7-18(2)8-10-19)28(26(31)25(22)30)16-6-15-27(3)4/h7-14,23,29H,5-6,15-17H2,1-4H3/b24-22+/t23-/m0/s1. The highest BCUT2D eigenvalue weighted by molar-refractivity contribution is 6.46. The molecule has 1 amide bonds. The summed E-state index contributed by atoms with van der Waals surface area (Å²) in [6, 6.07) is 14.1. The summed E-state index contributed by atoms with van der Waals surface area (Å²) < 4.78 is 5.60. The lowest BCUT2D eigenvalue weighted by molar-refractivity contribution is -0.139. The number of rotatable bonds is 9. The predicted molar refractivity (Wildman–Crippen MR) is 126 cm³/mol. The Morgan fingerprint density at radius 1 is 1.06 bits per heavy atom. The van der Waals surface area contributed by atoms with Crippen LogP contribution in [0.25, 0.3) is 5.76 Å². The van der Waals surface area contributed by atoms with E-state index >= 15 is 0 Å². The highest BCUT2D eigenvalue weighted by Gasteiger charge is 2.45. The number of amides is 1. The lowest BCUT2D eigenvalue weighted by Crippen LogP contribution is -2.32. The molecule has 0 aliphatic carbocycles. The Morgan fingerprint density at radius 2 is 1.72 bits per heavy atom. The number of nitrogens with zero attached hydrogens (tertiary/aromatic N) is 2. The first-order valence-corrected chi connectivity index (χ1v) is 11.1. The van der Waals surface area contributed by atoms with Crippen LogP contribution in [0.4, 0.5) is 0 Å². The number of hydrogen-bond donors (Lipinski definition) is 1. The van der Waals surface area contributed by atoms with Crippen LogP contribution in [-0.4, -0.2) is 60.4 Å². The molecule has 3 rings (SSSR count). The van der Waals surface area contributed by atoms with Gasteiger partial charge < -0.3 is 19.6 Å². The maximum atomic E-state index is 13.0. The fourth-order valence-electron chi connectivity index (χ4n) is 3.85. The van der Waals surface area contributed by atoms with Gasteiger partial charge in [0.05, 0.1) is 18.2 Å². The second kappa shape index (κ2) is 10.5. The SMILES string of the molecule is CCCOc1ccc(/C(O)=C2\C(=O)C(=O)N(CCCN(C)C)[C@H]2c2ccc(C)cc2)cc1. The first kappa shape index (κ1) is 23.5. The molecule has 0 radical (unpaired) electrons. The molecule has 1 atom stereocenters. The number of carbonyl (C=O) groups is 2. The molecule has 1 fully saturated rings. The number of ketones is 1. The lowest BCUT2D eigenvalue weighted by atomic mass is 9.94. The third-order valence-corrected chi connectivity index (χ3v) is 5.54. The second-order valence-electron chi connectivity index (χ2n) is 8.43. The van der Waals surface area contributed by atoms with E-state index in [1.807, 2.05) is 57.1 Å². The zero-order valence-corrected chi connectivity index (χ0v) is 19.3. The quantitative estimate of drug-likeness (QED) is 0.363.